The summed E-state index contributed by atoms with van der Waals surface area (Å²) in [4.78, 5) is 32.7. The van der Waals surface area contributed by atoms with Gasteiger partial charge in [0.1, 0.15) is 6.54 Å². The number of amides is 2. The summed E-state index contributed by atoms with van der Waals surface area (Å²) >= 11 is 1.66. The Hall–Kier alpha value is -3.70. The SMILES string of the molecule is Cc1ccsc1CN(Cc1ccccc1)C(=O)CN(C(=O)C(c1ccccc1)c1ccccc1)C(C)C. The summed E-state index contributed by atoms with van der Waals surface area (Å²) in [5.41, 5.74) is 4.10. The van der Waals surface area contributed by atoms with E-state index in [1.807, 2.05) is 110 Å². The molecule has 190 valence electrons. The number of benzene rings is 3. The molecule has 0 atom stereocenters. The number of hydrogen-bond donors (Lipinski definition) is 0. The van der Waals surface area contributed by atoms with Gasteiger partial charge in [0.15, 0.2) is 0 Å². The zero-order valence-electron chi connectivity index (χ0n) is 21.7. The van der Waals surface area contributed by atoms with Gasteiger partial charge in [-0.3, -0.25) is 9.59 Å². The molecule has 0 aliphatic carbocycles. The number of nitrogens with zero attached hydrogens (tertiary/aromatic N) is 2. The summed E-state index contributed by atoms with van der Waals surface area (Å²) < 4.78 is 0. The van der Waals surface area contributed by atoms with Gasteiger partial charge < -0.3 is 9.80 Å². The van der Waals surface area contributed by atoms with Crippen molar-refractivity contribution in [3.05, 3.63) is 130 Å². The molecule has 5 heteroatoms. The average molecular weight is 511 g/mol. The summed E-state index contributed by atoms with van der Waals surface area (Å²) in [7, 11) is 0. The zero-order valence-corrected chi connectivity index (χ0v) is 22.5. The van der Waals surface area contributed by atoms with E-state index in [9.17, 15) is 9.59 Å². The largest absolute Gasteiger partial charge is 0.332 e. The van der Waals surface area contributed by atoms with E-state index in [0.29, 0.717) is 13.1 Å². The molecule has 4 nitrogen and oxygen atoms in total. The number of aryl methyl sites for hydroxylation is 1. The molecule has 0 bridgehead atoms. The molecule has 3 aromatic carbocycles. The maximum Gasteiger partial charge on any atom is 0.242 e. The standard InChI is InChI=1S/C32H34N2O2S/c1-24(2)34(32(36)31(27-15-9-5-10-16-27)28-17-11-6-12-18-28)23-30(35)33(21-26-13-7-4-8-14-26)22-29-25(3)19-20-37-29/h4-20,24,31H,21-23H2,1-3H3. The lowest BCUT2D eigenvalue weighted by molar-refractivity contribution is -0.143. The highest BCUT2D eigenvalue weighted by Gasteiger charge is 2.31. The van der Waals surface area contributed by atoms with Crippen molar-refractivity contribution in [3.63, 3.8) is 0 Å². The van der Waals surface area contributed by atoms with Crippen molar-refractivity contribution in [2.75, 3.05) is 6.54 Å². The first-order chi connectivity index (χ1) is 17.9. The molecule has 4 rings (SSSR count). The number of carbonyl (C=O) groups is 2. The minimum atomic E-state index is -0.472. The molecule has 0 radical (unpaired) electrons. The number of hydrogen-bond acceptors (Lipinski definition) is 3. The molecule has 1 heterocycles. The van der Waals surface area contributed by atoms with Crippen molar-refractivity contribution in [2.24, 2.45) is 0 Å². The summed E-state index contributed by atoms with van der Waals surface area (Å²) in [6.07, 6.45) is 0. The predicted octanol–water partition coefficient (Wildman–Crippen LogP) is 6.65. The predicted molar refractivity (Wildman–Crippen MR) is 151 cm³/mol. The minimum absolute atomic E-state index is 0.0317. The Bertz CT molecular complexity index is 1250. The monoisotopic (exact) mass is 510 g/mol. The van der Waals surface area contributed by atoms with Gasteiger partial charge >= 0.3 is 0 Å². The van der Waals surface area contributed by atoms with Gasteiger partial charge in [-0.05, 0) is 54.5 Å². The summed E-state index contributed by atoms with van der Waals surface area (Å²) in [5.74, 6) is -0.592. The van der Waals surface area contributed by atoms with E-state index >= 15 is 0 Å². The van der Waals surface area contributed by atoms with Crippen LogP contribution >= 0.6 is 11.3 Å². The van der Waals surface area contributed by atoms with Gasteiger partial charge in [0.05, 0.1) is 12.5 Å². The Balaban J connectivity index is 1.62. The third-order valence-electron chi connectivity index (χ3n) is 6.60. The van der Waals surface area contributed by atoms with Crippen LogP contribution in [0.25, 0.3) is 0 Å². The van der Waals surface area contributed by atoms with E-state index in [0.717, 1.165) is 21.6 Å². The van der Waals surface area contributed by atoms with E-state index in [2.05, 4.69) is 18.4 Å². The van der Waals surface area contributed by atoms with Gasteiger partial charge in [0.25, 0.3) is 0 Å². The fourth-order valence-electron chi connectivity index (χ4n) is 4.47. The Kier molecular flexibility index (Phi) is 8.91. The highest BCUT2D eigenvalue weighted by molar-refractivity contribution is 7.10. The van der Waals surface area contributed by atoms with Crippen LogP contribution in [0.15, 0.2) is 102 Å². The molecule has 1 aromatic heterocycles. The summed E-state index contributed by atoms with van der Waals surface area (Å²) in [6, 6.07) is 31.6. The topological polar surface area (TPSA) is 40.6 Å². The van der Waals surface area contributed by atoms with Crippen molar-refractivity contribution < 1.29 is 9.59 Å². The normalized spacial score (nSPS) is 11.1. The van der Waals surface area contributed by atoms with E-state index in [1.54, 1.807) is 16.2 Å². The molecule has 0 saturated heterocycles. The maximum absolute atomic E-state index is 14.1. The van der Waals surface area contributed by atoms with Crippen molar-refractivity contribution in [2.45, 2.75) is 45.8 Å². The van der Waals surface area contributed by atoms with Crippen LogP contribution in [0.3, 0.4) is 0 Å². The van der Waals surface area contributed by atoms with Gasteiger partial charge in [-0.15, -0.1) is 11.3 Å². The second-order valence-corrected chi connectivity index (χ2v) is 10.6. The van der Waals surface area contributed by atoms with Gasteiger partial charge in [-0.25, -0.2) is 0 Å². The lowest BCUT2D eigenvalue weighted by Gasteiger charge is -2.33. The van der Waals surface area contributed by atoms with Crippen LogP contribution in [-0.4, -0.2) is 34.2 Å². The summed E-state index contributed by atoms with van der Waals surface area (Å²) in [6.45, 7) is 7.08. The van der Waals surface area contributed by atoms with Crippen molar-refractivity contribution in [3.8, 4) is 0 Å². The molecular weight excluding hydrogens is 476 g/mol. The van der Waals surface area contributed by atoms with Crippen LogP contribution in [0.2, 0.25) is 0 Å². The highest BCUT2D eigenvalue weighted by Crippen LogP contribution is 2.28. The van der Waals surface area contributed by atoms with Crippen LogP contribution in [0.5, 0.6) is 0 Å². The molecule has 0 aliphatic heterocycles. The van der Waals surface area contributed by atoms with Gasteiger partial charge in [0.2, 0.25) is 11.8 Å². The van der Waals surface area contributed by atoms with Crippen LogP contribution < -0.4 is 0 Å². The Morgan fingerprint density at radius 1 is 0.757 bits per heavy atom. The first-order valence-corrected chi connectivity index (χ1v) is 13.6. The maximum atomic E-state index is 14.1. The molecule has 0 spiro atoms. The summed E-state index contributed by atoms with van der Waals surface area (Å²) in [5, 5.41) is 2.06. The zero-order chi connectivity index (χ0) is 26.2. The molecule has 0 aliphatic rings. The smallest absolute Gasteiger partial charge is 0.242 e. The van der Waals surface area contributed by atoms with Gasteiger partial charge in [-0.2, -0.15) is 0 Å². The van der Waals surface area contributed by atoms with Crippen molar-refractivity contribution >= 4 is 23.2 Å². The fourth-order valence-corrected chi connectivity index (χ4v) is 5.39. The van der Waals surface area contributed by atoms with Crippen LogP contribution in [0.4, 0.5) is 0 Å². The van der Waals surface area contributed by atoms with Crippen molar-refractivity contribution in [1.29, 1.82) is 0 Å². The molecule has 4 aromatic rings. The second-order valence-electron chi connectivity index (χ2n) is 9.58. The van der Waals surface area contributed by atoms with Gasteiger partial charge in [-0.1, -0.05) is 91.0 Å². The lowest BCUT2D eigenvalue weighted by Crippen LogP contribution is -2.47. The molecule has 0 saturated carbocycles. The Morgan fingerprint density at radius 3 is 1.78 bits per heavy atom. The van der Waals surface area contributed by atoms with Crippen LogP contribution in [0.1, 0.15) is 46.9 Å². The van der Waals surface area contributed by atoms with E-state index in [4.69, 9.17) is 0 Å². The highest BCUT2D eigenvalue weighted by atomic mass is 32.1. The molecule has 37 heavy (non-hydrogen) atoms. The van der Waals surface area contributed by atoms with E-state index < -0.39 is 5.92 Å². The quantitative estimate of drug-likeness (QED) is 0.240. The second kappa shape index (κ2) is 12.5. The number of rotatable bonds is 10. The first kappa shape index (κ1) is 26.4. The third-order valence-corrected chi connectivity index (χ3v) is 7.60. The lowest BCUT2D eigenvalue weighted by atomic mass is 9.89. The Labute approximate surface area is 224 Å². The third kappa shape index (κ3) is 6.75. The average Bonchev–Trinajstić information content (AvgIpc) is 3.32. The van der Waals surface area contributed by atoms with Gasteiger partial charge in [0, 0.05) is 17.5 Å². The molecule has 2 amide bonds. The molecule has 0 fully saturated rings. The minimum Gasteiger partial charge on any atom is -0.332 e. The molecule has 0 N–H and O–H groups in total. The number of carbonyl (C=O) groups excluding carboxylic acids is 2. The van der Waals surface area contributed by atoms with E-state index in [-0.39, 0.29) is 24.4 Å². The fraction of sp³-hybridized carbons (Fsp3) is 0.250. The Morgan fingerprint density at radius 2 is 1.30 bits per heavy atom. The first-order valence-electron chi connectivity index (χ1n) is 12.7. The van der Waals surface area contributed by atoms with Crippen LogP contribution in [-0.2, 0) is 22.7 Å². The van der Waals surface area contributed by atoms with Crippen LogP contribution in [0, 0.1) is 6.92 Å². The molecule has 0 unspecified atom stereocenters. The number of thiophene rings is 1. The van der Waals surface area contributed by atoms with Crippen molar-refractivity contribution in [1.82, 2.24) is 9.80 Å². The molecular formula is C32H34N2O2S. The van der Waals surface area contributed by atoms with E-state index in [1.165, 1.54) is 5.56 Å².